The van der Waals surface area contributed by atoms with Gasteiger partial charge in [0.2, 0.25) is 11.4 Å². The van der Waals surface area contributed by atoms with E-state index in [1.807, 2.05) is 0 Å². The van der Waals surface area contributed by atoms with Gasteiger partial charge in [0.25, 0.3) is 18.7 Å². The van der Waals surface area contributed by atoms with E-state index in [4.69, 9.17) is 14.2 Å². The fraction of sp³-hybridized carbons (Fsp3) is 0.700. The van der Waals surface area contributed by atoms with Gasteiger partial charge in [0.05, 0.1) is 12.7 Å². The number of ether oxygens (including phenoxy) is 4. The summed E-state index contributed by atoms with van der Waals surface area (Å²) < 4.78 is 20.4. The number of carboxylic acid groups (broad SMARTS) is 1. The van der Waals surface area contributed by atoms with E-state index in [1.54, 1.807) is 0 Å². The van der Waals surface area contributed by atoms with Crippen molar-refractivity contribution in [2.24, 2.45) is 0 Å². The summed E-state index contributed by atoms with van der Waals surface area (Å²) in [6.07, 6.45) is 7.75. The van der Waals surface area contributed by atoms with Crippen molar-refractivity contribution in [3.05, 3.63) is 11.8 Å². The quantitative estimate of drug-likeness (QED) is 0.338. The molecule has 2 aliphatic heterocycles. The number of carbonyl (C=O) groups is 4. The normalized spacial score (nSPS) is 28.1. The topological polar surface area (TPSA) is 125 Å². The van der Waals surface area contributed by atoms with Crippen molar-refractivity contribution in [3.8, 4) is 0 Å². The van der Waals surface area contributed by atoms with Crippen molar-refractivity contribution in [2.75, 3.05) is 6.61 Å². The maximum Gasteiger partial charge on any atom is 0.343 e. The first-order valence-corrected chi connectivity index (χ1v) is 9.95. The number of carbonyl (C=O) groups excluding carboxylic acids is 3. The lowest BCUT2D eigenvalue weighted by Gasteiger charge is -2.28. The first-order valence-electron chi connectivity index (χ1n) is 9.95. The summed E-state index contributed by atoms with van der Waals surface area (Å²) >= 11 is 0. The molecular weight excluding hydrogens is 384 g/mol. The second-order valence-electron chi connectivity index (χ2n) is 7.34. The minimum atomic E-state index is -2.22. The Morgan fingerprint density at radius 2 is 1.90 bits per heavy atom. The number of unbranched alkanes of at least 4 members (excludes halogenated alkanes) is 6. The maximum absolute atomic E-state index is 12.9. The molecule has 0 aromatic heterocycles. The minimum absolute atomic E-state index is 0.0541. The molecule has 1 spiro atoms. The van der Waals surface area contributed by atoms with Crippen molar-refractivity contribution in [2.45, 2.75) is 82.2 Å². The molecule has 0 aromatic carbocycles. The number of rotatable bonds is 14. The number of ketones is 1. The molecule has 2 rings (SSSR count). The Hall–Kier alpha value is -2.42. The average Bonchev–Trinajstić information content (AvgIpc) is 3.18. The molecular formula is C20H28O9. The van der Waals surface area contributed by atoms with Crippen LogP contribution in [0.3, 0.4) is 0 Å². The molecule has 162 valence electrons. The van der Waals surface area contributed by atoms with Crippen LogP contribution in [0.1, 0.15) is 64.7 Å². The van der Waals surface area contributed by atoms with Crippen molar-refractivity contribution in [1.29, 1.82) is 0 Å². The molecule has 9 nitrogen and oxygen atoms in total. The van der Waals surface area contributed by atoms with Gasteiger partial charge in [-0.25, -0.2) is 4.79 Å². The smallest absolute Gasteiger partial charge is 0.343 e. The first kappa shape index (κ1) is 22.9. The minimum Gasteiger partial charge on any atom is -0.479 e. The lowest BCUT2D eigenvalue weighted by Crippen LogP contribution is -2.53. The first-order chi connectivity index (χ1) is 14.0. The molecule has 0 radical (unpaired) electrons. The Balaban J connectivity index is 2.00. The third kappa shape index (κ3) is 4.95. The summed E-state index contributed by atoms with van der Waals surface area (Å²) in [5, 5.41) is 9.64. The Bertz CT molecular complexity index is 644. The van der Waals surface area contributed by atoms with Gasteiger partial charge in [0.15, 0.2) is 6.10 Å². The average molecular weight is 412 g/mol. The van der Waals surface area contributed by atoms with Gasteiger partial charge in [-0.05, 0) is 12.8 Å². The van der Waals surface area contributed by atoms with Crippen LogP contribution in [0.2, 0.25) is 0 Å². The predicted octanol–water partition coefficient (Wildman–Crippen LogP) is 2.26. The standard InChI is InChI=1S/C20H28O9/c1-2-3-4-5-6-7-8-9-15-11-28-20(17(15)23)10-16(27-14-22)19(29-20,18(24)25)12-26-13-21/h11,13-14,16H,2-10,12H2,1H3,(H,24,25)/t16-,19-,20-/m1/s1. The molecule has 0 aromatic rings. The molecule has 0 amide bonds. The van der Waals surface area contributed by atoms with Gasteiger partial charge in [-0.1, -0.05) is 45.4 Å². The second kappa shape index (κ2) is 10.4. The van der Waals surface area contributed by atoms with Gasteiger partial charge in [-0.15, -0.1) is 0 Å². The zero-order valence-electron chi connectivity index (χ0n) is 16.6. The van der Waals surface area contributed by atoms with Crippen molar-refractivity contribution >= 4 is 24.7 Å². The van der Waals surface area contributed by atoms with E-state index in [0.717, 1.165) is 25.7 Å². The van der Waals surface area contributed by atoms with Crippen LogP contribution in [-0.4, -0.2) is 53.9 Å². The number of Topliss-reactive ketones (excluding diaryl/α,β-unsaturated/α-hetero) is 1. The van der Waals surface area contributed by atoms with Crippen LogP contribution in [0.4, 0.5) is 0 Å². The number of carboxylic acids is 1. The van der Waals surface area contributed by atoms with E-state index in [-0.39, 0.29) is 19.4 Å². The molecule has 1 fully saturated rings. The van der Waals surface area contributed by atoms with Gasteiger partial charge in [-0.3, -0.25) is 14.4 Å². The third-order valence-electron chi connectivity index (χ3n) is 5.35. The maximum atomic E-state index is 12.9. The summed E-state index contributed by atoms with van der Waals surface area (Å²) in [6.45, 7) is 1.56. The lowest BCUT2D eigenvalue weighted by atomic mass is 9.94. The summed E-state index contributed by atoms with van der Waals surface area (Å²) in [5.41, 5.74) is -1.82. The zero-order valence-corrected chi connectivity index (χ0v) is 16.6. The van der Waals surface area contributed by atoms with Gasteiger partial charge < -0.3 is 24.1 Å². The molecule has 1 saturated heterocycles. The molecule has 0 unspecified atom stereocenters. The summed E-state index contributed by atoms with van der Waals surface area (Å²) in [6, 6.07) is 0. The van der Waals surface area contributed by atoms with E-state index in [9.17, 15) is 24.3 Å². The van der Waals surface area contributed by atoms with Crippen LogP contribution >= 0.6 is 0 Å². The molecule has 1 N–H and O–H groups in total. The van der Waals surface area contributed by atoms with Gasteiger partial charge >= 0.3 is 5.97 Å². The SMILES string of the molecule is CCCCCCCCCC1=CO[C@@]2(C[C@@H](OC=O)[C@](COC=O)(C(=O)O)O2)C1=O. The third-order valence-corrected chi connectivity index (χ3v) is 5.35. The summed E-state index contributed by atoms with van der Waals surface area (Å²) in [5.74, 6) is -3.91. The zero-order chi connectivity index (χ0) is 21.3. The van der Waals surface area contributed by atoms with Crippen LogP contribution in [0, 0.1) is 0 Å². The Labute approximate surface area is 169 Å². The highest BCUT2D eigenvalue weighted by Gasteiger charge is 2.68. The van der Waals surface area contributed by atoms with Gasteiger partial charge in [-0.2, -0.15) is 0 Å². The van der Waals surface area contributed by atoms with E-state index in [0.29, 0.717) is 12.0 Å². The molecule has 2 aliphatic rings. The Morgan fingerprint density at radius 3 is 2.52 bits per heavy atom. The van der Waals surface area contributed by atoms with Crippen molar-refractivity contribution in [1.82, 2.24) is 0 Å². The van der Waals surface area contributed by atoms with Crippen LogP contribution in [0.25, 0.3) is 0 Å². The predicted molar refractivity (Wildman–Crippen MR) is 98.5 cm³/mol. The van der Waals surface area contributed by atoms with Crippen LogP contribution in [0.15, 0.2) is 11.8 Å². The van der Waals surface area contributed by atoms with E-state index < -0.39 is 35.9 Å². The lowest BCUT2D eigenvalue weighted by molar-refractivity contribution is -0.231. The van der Waals surface area contributed by atoms with Crippen molar-refractivity contribution < 1.29 is 43.2 Å². The van der Waals surface area contributed by atoms with Crippen LogP contribution in [0.5, 0.6) is 0 Å². The van der Waals surface area contributed by atoms with Crippen molar-refractivity contribution in [3.63, 3.8) is 0 Å². The van der Waals surface area contributed by atoms with Gasteiger partial charge in [0.1, 0.15) is 6.61 Å². The Morgan fingerprint density at radius 1 is 1.21 bits per heavy atom. The van der Waals surface area contributed by atoms with E-state index >= 15 is 0 Å². The summed E-state index contributed by atoms with van der Waals surface area (Å²) in [7, 11) is 0. The fourth-order valence-corrected chi connectivity index (χ4v) is 3.73. The molecule has 0 aliphatic carbocycles. The van der Waals surface area contributed by atoms with Gasteiger partial charge in [0, 0.05) is 5.57 Å². The highest BCUT2D eigenvalue weighted by molar-refractivity contribution is 6.03. The Kier molecular flexibility index (Phi) is 8.19. The molecule has 0 saturated carbocycles. The van der Waals surface area contributed by atoms with E-state index in [2.05, 4.69) is 11.7 Å². The number of hydrogen-bond donors (Lipinski definition) is 1. The monoisotopic (exact) mass is 412 g/mol. The highest BCUT2D eigenvalue weighted by Crippen LogP contribution is 2.46. The summed E-state index contributed by atoms with van der Waals surface area (Å²) in [4.78, 5) is 46.2. The number of aliphatic carboxylic acids is 1. The fourth-order valence-electron chi connectivity index (χ4n) is 3.73. The molecule has 3 atom stereocenters. The second-order valence-corrected chi connectivity index (χ2v) is 7.34. The molecule has 9 heteroatoms. The number of hydrogen-bond acceptors (Lipinski definition) is 8. The largest absolute Gasteiger partial charge is 0.479 e. The van der Waals surface area contributed by atoms with E-state index in [1.165, 1.54) is 25.5 Å². The molecule has 29 heavy (non-hydrogen) atoms. The highest BCUT2D eigenvalue weighted by atomic mass is 16.7. The van der Waals surface area contributed by atoms with Crippen LogP contribution < -0.4 is 0 Å². The van der Waals surface area contributed by atoms with Crippen LogP contribution in [-0.2, 0) is 38.1 Å². The molecule has 2 heterocycles. The molecule has 0 bridgehead atoms.